The van der Waals surface area contributed by atoms with E-state index in [2.05, 4.69) is 92.6 Å². The highest BCUT2D eigenvalue weighted by molar-refractivity contribution is 9.10. The number of hydrogen-bond acceptors (Lipinski definition) is 25. The van der Waals surface area contributed by atoms with Gasteiger partial charge in [0, 0.05) is 56.6 Å². The Morgan fingerprint density at radius 3 is 1.47 bits per heavy atom. The van der Waals surface area contributed by atoms with E-state index in [0.29, 0.717) is 46.7 Å². The van der Waals surface area contributed by atoms with Gasteiger partial charge in [-0.1, -0.05) is 41.0 Å². The zero-order chi connectivity index (χ0) is 68.9. The lowest BCUT2D eigenvalue weighted by molar-refractivity contribution is 0.0531. The van der Waals surface area contributed by atoms with E-state index in [1.54, 1.807) is 95.4 Å². The second-order valence-electron chi connectivity index (χ2n) is 19.7. The third-order valence-corrected chi connectivity index (χ3v) is 17.9. The Balaban J connectivity index is 0.000000224. The van der Waals surface area contributed by atoms with Crippen molar-refractivity contribution in [1.82, 2.24) is 64.4 Å². The first-order chi connectivity index (χ1) is 44.1. The number of aromatic nitrogens is 13. The number of hydrogen-bond donors (Lipinski definition) is 0. The van der Waals surface area contributed by atoms with Crippen LogP contribution in [0.15, 0.2) is 93.2 Å². The molecule has 0 radical (unpaired) electrons. The van der Waals surface area contributed by atoms with Gasteiger partial charge in [0.15, 0.2) is 0 Å². The van der Waals surface area contributed by atoms with E-state index < -0.39 is 0 Å². The van der Waals surface area contributed by atoms with E-state index in [1.165, 1.54) is 32.4 Å². The molecule has 0 unspecified atom stereocenters. The largest absolute Gasteiger partial charge is 0.497 e. The fourth-order valence-corrected chi connectivity index (χ4v) is 12.0. The molecule has 9 aromatic heterocycles. The van der Waals surface area contributed by atoms with Gasteiger partial charge in [-0.3, -0.25) is 0 Å². The van der Waals surface area contributed by atoms with E-state index in [4.69, 9.17) is 39.8 Å². The van der Waals surface area contributed by atoms with Crippen molar-refractivity contribution in [3.63, 3.8) is 0 Å². The average Bonchev–Trinajstić information content (AvgIpc) is 1.81. The minimum absolute atomic E-state index is 0.263. The van der Waals surface area contributed by atoms with Gasteiger partial charge in [-0.2, -0.15) is 24.3 Å². The molecule has 0 fully saturated rings. The number of carbonyl (C=O) groups excluding carboxylic acids is 1. The predicted octanol–water partition coefficient (Wildman–Crippen LogP) is 17.8. The highest BCUT2D eigenvalue weighted by Gasteiger charge is 2.14. The van der Waals surface area contributed by atoms with E-state index in [1.807, 2.05) is 157 Å². The predicted molar refractivity (Wildman–Crippen MR) is 382 cm³/mol. The average molecular weight is 1440 g/mol. The Bertz CT molecular complexity index is 4140. The molecule has 3 aromatic carbocycles. The lowest BCUT2D eigenvalue weighted by Crippen LogP contribution is -2.03. The summed E-state index contributed by atoms with van der Waals surface area (Å²) in [6.07, 6.45) is 0. The number of fused-ring (bicyclic) bond motifs is 2. The maximum absolute atomic E-state index is 11.2. The molecule has 0 spiro atoms. The molecular weight excluding hydrogens is 1360 g/mol. The van der Waals surface area contributed by atoms with Crippen LogP contribution >= 0.6 is 84.4 Å². The van der Waals surface area contributed by atoms with E-state index in [0.717, 1.165) is 108 Å². The smallest absolute Gasteiger partial charge is 0.350 e. The Labute approximate surface area is 578 Å². The zero-order valence-electron chi connectivity index (χ0n) is 56.3. The summed E-state index contributed by atoms with van der Waals surface area (Å²) in [5.41, 5.74) is 10.3. The lowest BCUT2D eigenvalue weighted by Gasteiger charge is -2.02. The molecule has 12 aromatic rings. The Morgan fingerprint density at radius 1 is 0.527 bits per heavy atom. The van der Waals surface area contributed by atoms with Gasteiger partial charge in [-0.15, -0.1) is 45.3 Å². The van der Waals surface area contributed by atoms with Crippen LogP contribution in [0.3, 0.4) is 0 Å². The minimum Gasteiger partial charge on any atom is -0.497 e. The summed E-state index contributed by atoms with van der Waals surface area (Å²) in [6.45, 7) is 33.2. The summed E-state index contributed by atoms with van der Waals surface area (Å²) < 4.78 is 37.2. The van der Waals surface area contributed by atoms with Crippen molar-refractivity contribution in [2.24, 2.45) is 0 Å². The maximum atomic E-state index is 11.2. The first-order valence-electron chi connectivity index (χ1n) is 28.6. The number of ether oxygens (including phenoxy) is 5. The first kappa shape index (κ1) is 77.6. The molecule has 0 aliphatic carbocycles. The normalized spacial score (nSPS) is 9.97. The number of rotatable bonds is 7. The Morgan fingerprint density at radius 2 is 1.05 bits per heavy atom. The van der Waals surface area contributed by atoms with Crippen LogP contribution in [0.2, 0.25) is 5.02 Å². The summed E-state index contributed by atoms with van der Waals surface area (Å²) >= 11 is 17.2. The van der Waals surface area contributed by atoms with Crippen molar-refractivity contribution >= 4 is 111 Å². The molecule has 494 valence electrons. The van der Waals surface area contributed by atoms with Crippen LogP contribution in [0.4, 0.5) is 0 Å². The van der Waals surface area contributed by atoms with E-state index >= 15 is 0 Å². The molecule has 0 saturated heterocycles. The molecular formula is C66H79BrClN13O7S5. The SMILES string of the molecule is CCOC(=O)c1sc(C)nc1C.COc1cc(C)nc(C)n1.COc1cc(OC)nc(C)n1.COc1ccc2nc(C)sc2c1.Cc1cc(C)nc(C)n1.Cc1csc(C)n1.Cc1nc(-c2ccccc2C)no1.Cc1nc2ccc(Cl)cc2s1.Cc1nsc(C)c1Br. The fourth-order valence-electron chi connectivity index (χ4n) is 7.67. The molecule has 93 heavy (non-hydrogen) atoms. The first-order valence-corrected chi connectivity index (χ1v) is 33.9. The van der Waals surface area contributed by atoms with Crippen molar-refractivity contribution in [3.8, 4) is 34.8 Å². The second kappa shape index (κ2) is 39.6. The monoisotopic (exact) mass is 1440 g/mol. The van der Waals surface area contributed by atoms with Crippen LogP contribution in [-0.2, 0) is 4.74 Å². The van der Waals surface area contributed by atoms with Gasteiger partial charge in [0.2, 0.25) is 29.4 Å². The Hall–Kier alpha value is -7.85. The highest BCUT2D eigenvalue weighted by Crippen LogP contribution is 2.27. The number of thiazole rings is 4. The molecule has 9 heterocycles. The summed E-state index contributed by atoms with van der Waals surface area (Å²) in [6, 6.07) is 25.1. The molecule has 0 atom stereocenters. The standard InChI is InChI=1S/C10H10N2O.C9H9NOS.C8H6ClNS.C8H11NO2S.C7H10N2O2.C7H10N2O.C7H10N2.C5H6BrNS.C5H7NS/c1-7-5-3-4-6-9(7)10-11-8(2)13-12-10;1-6-10-8-4-3-7(11-2)5-9(8)12-6;1-5-10-7-3-2-6(9)4-8(7)11-5;1-4-11-8(10)7-5(2)9-6(3)12-7;1-5-8-6(10-2)4-7(9-5)11-3;1-5-4-7(10-3)9-6(2)8-5;1-5-4-6(2)9-7(3)8-5;1-3-5(6)4(2)8-7-3;1-4-3-7-5(2)6-4/h3-6H,1-2H3;3-5H,1-2H3;2-4H,1H3;4H2,1-3H3;4H,1-3H3;4H,1-3H3;4H,1-3H3;1-2H3;3H,1-2H3. The maximum Gasteiger partial charge on any atom is 0.350 e. The van der Waals surface area contributed by atoms with E-state index in [9.17, 15) is 4.79 Å². The van der Waals surface area contributed by atoms with Gasteiger partial charge >= 0.3 is 5.97 Å². The molecule has 0 amide bonds. The molecule has 27 heteroatoms. The highest BCUT2D eigenvalue weighted by atomic mass is 79.9. The Kier molecular flexibility index (Phi) is 33.1. The van der Waals surface area contributed by atoms with Crippen LogP contribution in [-0.4, -0.2) is 105 Å². The second-order valence-corrected chi connectivity index (χ2v) is 26.6. The van der Waals surface area contributed by atoms with Crippen molar-refractivity contribution in [2.75, 3.05) is 35.0 Å². The van der Waals surface area contributed by atoms with Crippen molar-refractivity contribution < 1.29 is 33.0 Å². The molecule has 0 bridgehead atoms. The van der Waals surface area contributed by atoms with Crippen LogP contribution < -0.4 is 18.9 Å². The van der Waals surface area contributed by atoms with Gasteiger partial charge in [0.05, 0.1) is 97.4 Å². The topological polar surface area (TPSA) is 244 Å². The molecule has 0 aliphatic heterocycles. The van der Waals surface area contributed by atoms with Gasteiger partial charge in [-0.25, -0.2) is 39.7 Å². The number of aryl methyl sites for hydroxylation is 16. The quantitative estimate of drug-likeness (QED) is 0.135. The van der Waals surface area contributed by atoms with Crippen molar-refractivity contribution in [1.29, 1.82) is 0 Å². The van der Waals surface area contributed by atoms with Crippen molar-refractivity contribution in [3.05, 3.63) is 187 Å². The van der Waals surface area contributed by atoms with Gasteiger partial charge < -0.3 is 28.2 Å². The van der Waals surface area contributed by atoms with Gasteiger partial charge in [0.1, 0.15) is 28.1 Å². The van der Waals surface area contributed by atoms with Crippen molar-refractivity contribution in [2.45, 2.75) is 118 Å². The van der Waals surface area contributed by atoms with Crippen LogP contribution in [0.5, 0.6) is 23.4 Å². The number of esters is 1. The summed E-state index contributed by atoms with van der Waals surface area (Å²) in [5.74, 6) is 5.81. The molecule has 0 aliphatic rings. The molecule has 0 saturated carbocycles. The fraction of sp³-hybridized carbons (Fsp3) is 0.333. The molecule has 20 nitrogen and oxygen atoms in total. The number of halogens is 2. The van der Waals surface area contributed by atoms with Crippen LogP contribution in [0, 0.1) is 111 Å². The number of methoxy groups -OCH3 is 4. The number of carbonyl (C=O) groups is 1. The zero-order valence-corrected chi connectivity index (χ0v) is 62.7. The van der Waals surface area contributed by atoms with Gasteiger partial charge in [-0.05, 0) is 186 Å². The number of benzene rings is 3. The number of nitrogens with zero attached hydrogens (tertiary/aromatic N) is 13. The van der Waals surface area contributed by atoms with Gasteiger partial charge in [0.25, 0.3) is 0 Å². The third kappa shape index (κ3) is 27.7. The third-order valence-electron chi connectivity index (χ3n) is 11.6. The summed E-state index contributed by atoms with van der Waals surface area (Å²) in [7, 11) is 6.39. The lowest BCUT2D eigenvalue weighted by atomic mass is 10.1. The molecule has 12 rings (SSSR count). The minimum atomic E-state index is -0.263. The molecule has 0 N–H and O–H groups in total. The summed E-state index contributed by atoms with van der Waals surface area (Å²) in [4.78, 5) is 58.5. The van der Waals surface area contributed by atoms with Crippen LogP contribution in [0.1, 0.15) is 105 Å². The summed E-state index contributed by atoms with van der Waals surface area (Å²) in [5, 5.41) is 10.9. The van der Waals surface area contributed by atoms with E-state index in [-0.39, 0.29) is 5.97 Å². The van der Waals surface area contributed by atoms with Crippen LogP contribution in [0.25, 0.3) is 31.8 Å².